The standard InChI is InChI=1S/C15H16N2O2/c1-8(2)15(4)14(19)16-12-10-7-5-6-9(3)11(10)13(18)17(12)15/h5-8H,1-4H3. The molecule has 1 unspecified atom stereocenters. The SMILES string of the molecule is Cc1cccc2c1C(=O)N1C2=NC(=O)C1(C)C(C)C. The van der Waals surface area contributed by atoms with Crippen LogP contribution < -0.4 is 0 Å². The summed E-state index contributed by atoms with van der Waals surface area (Å²) in [5.74, 6) is 0.205. The molecule has 1 aromatic rings. The highest BCUT2D eigenvalue weighted by Crippen LogP contribution is 2.40. The van der Waals surface area contributed by atoms with Crippen LogP contribution in [0.15, 0.2) is 23.2 Å². The Bertz CT molecular complexity index is 646. The van der Waals surface area contributed by atoms with E-state index in [0.717, 1.165) is 11.1 Å². The quantitative estimate of drug-likeness (QED) is 0.773. The molecule has 0 saturated carbocycles. The summed E-state index contributed by atoms with van der Waals surface area (Å²) in [6.07, 6.45) is 0. The number of nitrogens with zero attached hydrogens (tertiary/aromatic N) is 2. The fraction of sp³-hybridized carbons (Fsp3) is 0.400. The normalized spacial score (nSPS) is 24.9. The van der Waals surface area contributed by atoms with E-state index in [4.69, 9.17) is 0 Å². The molecule has 0 spiro atoms. The van der Waals surface area contributed by atoms with Gasteiger partial charge in [0.2, 0.25) is 0 Å². The second-order valence-electron chi connectivity index (χ2n) is 5.68. The van der Waals surface area contributed by atoms with Gasteiger partial charge in [0.15, 0.2) is 0 Å². The van der Waals surface area contributed by atoms with Crippen molar-refractivity contribution < 1.29 is 9.59 Å². The highest BCUT2D eigenvalue weighted by molar-refractivity contribution is 6.30. The van der Waals surface area contributed by atoms with E-state index in [1.807, 2.05) is 39.0 Å². The van der Waals surface area contributed by atoms with Crippen molar-refractivity contribution in [1.29, 1.82) is 0 Å². The van der Waals surface area contributed by atoms with Crippen LogP contribution in [0.3, 0.4) is 0 Å². The van der Waals surface area contributed by atoms with Crippen molar-refractivity contribution in [3.63, 3.8) is 0 Å². The van der Waals surface area contributed by atoms with Crippen molar-refractivity contribution in [2.45, 2.75) is 33.2 Å². The molecule has 2 aliphatic heterocycles. The summed E-state index contributed by atoms with van der Waals surface area (Å²) in [4.78, 5) is 30.6. The first-order valence-corrected chi connectivity index (χ1v) is 6.46. The summed E-state index contributed by atoms with van der Waals surface area (Å²) in [5, 5.41) is 0. The summed E-state index contributed by atoms with van der Waals surface area (Å²) < 4.78 is 0. The molecule has 0 radical (unpaired) electrons. The largest absolute Gasteiger partial charge is 0.276 e. The third-order valence-corrected chi connectivity index (χ3v) is 4.37. The molecule has 98 valence electrons. The summed E-state index contributed by atoms with van der Waals surface area (Å²) >= 11 is 0. The molecule has 0 aromatic heterocycles. The number of benzene rings is 1. The van der Waals surface area contributed by atoms with Gasteiger partial charge in [-0.25, -0.2) is 0 Å². The minimum Gasteiger partial charge on any atom is -0.276 e. The Hall–Kier alpha value is -1.97. The van der Waals surface area contributed by atoms with Gasteiger partial charge in [0.05, 0.1) is 5.56 Å². The van der Waals surface area contributed by atoms with Crippen molar-refractivity contribution in [2.24, 2.45) is 10.9 Å². The molecule has 0 aliphatic carbocycles. The Kier molecular flexibility index (Phi) is 2.24. The lowest BCUT2D eigenvalue weighted by molar-refractivity contribution is -0.126. The molecule has 19 heavy (non-hydrogen) atoms. The Morgan fingerprint density at radius 1 is 1.26 bits per heavy atom. The monoisotopic (exact) mass is 256 g/mol. The minimum absolute atomic E-state index is 0.0137. The smallest absolute Gasteiger partial charge is 0.274 e. The molecule has 4 heteroatoms. The molecular formula is C15H16N2O2. The van der Waals surface area contributed by atoms with Gasteiger partial charge in [-0.2, -0.15) is 4.99 Å². The van der Waals surface area contributed by atoms with Crippen molar-refractivity contribution in [3.05, 3.63) is 34.9 Å². The zero-order chi connectivity index (χ0) is 13.9. The van der Waals surface area contributed by atoms with E-state index >= 15 is 0 Å². The van der Waals surface area contributed by atoms with Gasteiger partial charge >= 0.3 is 0 Å². The van der Waals surface area contributed by atoms with Gasteiger partial charge in [0, 0.05) is 5.56 Å². The average molecular weight is 256 g/mol. The zero-order valence-corrected chi connectivity index (χ0v) is 11.5. The molecule has 2 aliphatic rings. The van der Waals surface area contributed by atoms with Crippen molar-refractivity contribution >= 4 is 17.6 Å². The lowest BCUT2D eigenvalue weighted by Crippen LogP contribution is -2.53. The second kappa shape index (κ2) is 3.53. The predicted molar refractivity (Wildman–Crippen MR) is 72.1 cm³/mol. The van der Waals surface area contributed by atoms with Gasteiger partial charge in [-0.15, -0.1) is 0 Å². The number of fused-ring (bicyclic) bond motifs is 3. The Balaban J connectivity index is 2.26. The molecular weight excluding hydrogens is 240 g/mol. The van der Waals surface area contributed by atoms with Crippen LogP contribution >= 0.6 is 0 Å². The van der Waals surface area contributed by atoms with E-state index in [1.54, 1.807) is 11.8 Å². The molecule has 1 aromatic carbocycles. The minimum atomic E-state index is -0.863. The molecule has 0 N–H and O–H groups in total. The number of hydrogen-bond donors (Lipinski definition) is 0. The average Bonchev–Trinajstić information content (AvgIpc) is 2.77. The number of amidine groups is 1. The van der Waals surface area contributed by atoms with Gasteiger partial charge in [-0.1, -0.05) is 32.0 Å². The highest BCUT2D eigenvalue weighted by Gasteiger charge is 2.55. The molecule has 1 atom stereocenters. The number of amides is 2. The summed E-state index contributed by atoms with van der Waals surface area (Å²) in [6.45, 7) is 7.60. The number of rotatable bonds is 1. The van der Waals surface area contributed by atoms with Crippen LogP contribution in [0.5, 0.6) is 0 Å². The van der Waals surface area contributed by atoms with Crippen molar-refractivity contribution in [1.82, 2.24) is 4.90 Å². The van der Waals surface area contributed by atoms with Crippen LogP contribution in [0, 0.1) is 12.8 Å². The maximum Gasteiger partial charge on any atom is 0.274 e. The Labute approximate surface area is 112 Å². The predicted octanol–water partition coefficient (Wildman–Crippen LogP) is 2.15. The van der Waals surface area contributed by atoms with E-state index in [9.17, 15) is 9.59 Å². The van der Waals surface area contributed by atoms with Crippen LogP contribution in [0.4, 0.5) is 0 Å². The first kappa shape index (κ1) is 12.1. The van der Waals surface area contributed by atoms with Crippen molar-refractivity contribution in [3.8, 4) is 0 Å². The number of aryl methyl sites for hydroxylation is 1. The topological polar surface area (TPSA) is 49.7 Å². The lowest BCUT2D eigenvalue weighted by atomic mass is 9.86. The molecule has 3 rings (SSSR count). The first-order valence-electron chi connectivity index (χ1n) is 6.46. The number of carbonyl (C=O) groups excluding carboxylic acids is 2. The van der Waals surface area contributed by atoms with Crippen LogP contribution in [-0.4, -0.2) is 28.1 Å². The van der Waals surface area contributed by atoms with E-state index in [-0.39, 0.29) is 17.7 Å². The van der Waals surface area contributed by atoms with Gasteiger partial charge in [-0.3, -0.25) is 14.5 Å². The second-order valence-corrected chi connectivity index (χ2v) is 5.68. The van der Waals surface area contributed by atoms with E-state index in [0.29, 0.717) is 11.4 Å². The molecule has 0 fully saturated rings. The Morgan fingerprint density at radius 2 is 1.95 bits per heavy atom. The number of hydrogen-bond acceptors (Lipinski definition) is 2. The summed E-state index contributed by atoms with van der Waals surface area (Å²) in [6, 6.07) is 5.66. The van der Waals surface area contributed by atoms with Gasteiger partial charge in [0.1, 0.15) is 11.4 Å². The molecule has 2 heterocycles. The van der Waals surface area contributed by atoms with Crippen molar-refractivity contribution in [2.75, 3.05) is 0 Å². The summed E-state index contributed by atoms with van der Waals surface area (Å²) in [7, 11) is 0. The molecule has 4 nitrogen and oxygen atoms in total. The van der Waals surface area contributed by atoms with Crippen LogP contribution in [0.1, 0.15) is 42.3 Å². The van der Waals surface area contributed by atoms with Gasteiger partial charge in [0.25, 0.3) is 11.8 Å². The van der Waals surface area contributed by atoms with Gasteiger partial charge in [-0.05, 0) is 25.3 Å². The Morgan fingerprint density at radius 3 is 2.58 bits per heavy atom. The third-order valence-electron chi connectivity index (χ3n) is 4.37. The third kappa shape index (κ3) is 1.26. The lowest BCUT2D eigenvalue weighted by Gasteiger charge is -2.34. The molecule has 0 saturated heterocycles. The van der Waals surface area contributed by atoms with Crippen LogP contribution in [0.2, 0.25) is 0 Å². The van der Waals surface area contributed by atoms with E-state index in [2.05, 4.69) is 4.99 Å². The zero-order valence-electron chi connectivity index (χ0n) is 11.5. The molecule has 2 amide bonds. The van der Waals surface area contributed by atoms with Crippen LogP contribution in [-0.2, 0) is 4.79 Å². The number of carbonyl (C=O) groups is 2. The fourth-order valence-electron chi connectivity index (χ4n) is 2.82. The maximum atomic E-state index is 12.7. The molecule has 0 bridgehead atoms. The van der Waals surface area contributed by atoms with E-state index in [1.165, 1.54) is 0 Å². The van der Waals surface area contributed by atoms with Crippen LogP contribution in [0.25, 0.3) is 0 Å². The first-order chi connectivity index (χ1) is 8.89. The summed E-state index contributed by atoms with van der Waals surface area (Å²) in [5.41, 5.74) is 1.53. The number of aliphatic imine (C=N–C) groups is 1. The maximum absolute atomic E-state index is 12.7. The van der Waals surface area contributed by atoms with Gasteiger partial charge < -0.3 is 0 Å². The van der Waals surface area contributed by atoms with E-state index < -0.39 is 5.54 Å². The highest BCUT2D eigenvalue weighted by atomic mass is 16.2. The fourth-order valence-corrected chi connectivity index (χ4v) is 2.82.